The third kappa shape index (κ3) is 2.85. The molecule has 0 atom stereocenters. The molecule has 0 aliphatic heterocycles. The standard InChI is InChI=1S/C15H15BrN2O3/c1-2-6-18-14(19)10-7-11(16)13(17)8-4-3-5-9(12(8)10)15(20)21/h3-5,7H,2,6,17H2,1H3,(H,18,19)(H,20,21). The van der Waals surface area contributed by atoms with E-state index in [-0.39, 0.29) is 11.5 Å². The lowest BCUT2D eigenvalue weighted by Gasteiger charge is -2.13. The van der Waals surface area contributed by atoms with Crippen LogP contribution in [0.4, 0.5) is 5.69 Å². The molecule has 1 amide bonds. The van der Waals surface area contributed by atoms with Crippen molar-refractivity contribution in [1.29, 1.82) is 0 Å². The average Bonchev–Trinajstić information content (AvgIpc) is 2.47. The molecule has 2 aromatic carbocycles. The summed E-state index contributed by atoms with van der Waals surface area (Å²) in [6.07, 6.45) is 0.797. The van der Waals surface area contributed by atoms with Crippen LogP contribution in [-0.4, -0.2) is 23.5 Å². The van der Waals surface area contributed by atoms with Crippen molar-refractivity contribution < 1.29 is 14.7 Å². The van der Waals surface area contributed by atoms with Gasteiger partial charge in [-0.15, -0.1) is 0 Å². The lowest BCUT2D eigenvalue weighted by molar-refractivity contribution is 0.0699. The zero-order valence-electron chi connectivity index (χ0n) is 11.4. The van der Waals surface area contributed by atoms with Crippen molar-refractivity contribution in [2.24, 2.45) is 0 Å². The average molecular weight is 351 g/mol. The summed E-state index contributed by atoms with van der Waals surface area (Å²) < 4.78 is 0.569. The number of carboxylic acids is 1. The van der Waals surface area contributed by atoms with Crippen LogP contribution in [0.3, 0.4) is 0 Å². The van der Waals surface area contributed by atoms with Gasteiger partial charge >= 0.3 is 5.97 Å². The minimum absolute atomic E-state index is 0.0633. The molecule has 0 aromatic heterocycles. The first-order chi connectivity index (χ1) is 9.97. The molecule has 0 aliphatic rings. The van der Waals surface area contributed by atoms with Gasteiger partial charge in [0.2, 0.25) is 0 Å². The van der Waals surface area contributed by atoms with Gasteiger partial charge in [-0.05, 0) is 34.5 Å². The van der Waals surface area contributed by atoms with Crippen LogP contribution in [0.15, 0.2) is 28.7 Å². The molecule has 6 heteroatoms. The van der Waals surface area contributed by atoms with Crippen molar-refractivity contribution in [3.05, 3.63) is 39.9 Å². The fourth-order valence-corrected chi connectivity index (χ4v) is 2.61. The van der Waals surface area contributed by atoms with Gasteiger partial charge in [0.1, 0.15) is 0 Å². The van der Waals surface area contributed by atoms with Crippen molar-refractivity contribution in [3.63, 3.8) is 0 Å². The number of carbonyl (C=O) groups excluding carboxylic acids is 1. The minimum Gasteiger partial charge on any atom is -0.478 e. The number of carboxylic acid groups (broad SMARTS) is 1. The number of amides is 1. The maximum absolute atomic E-state index is 12.3. The second-order valence-electron chi connectivity index (χ2n) is 4.61. The van der Waals surface area contributed by atoms with E-state index in [1.165, 1.54) is 6.07 Å². The highest BCUT2D eigenvalue weighted by molar-refractivity contribution is 9.10. The van der Waals surface area contributed by atoms with E-state index in [9.17, 15) is 14.7 Å². The molecule has 110 valence electrons. The summed E-state index contributed by atoms with van der Waals surface area (Å²) in [5.74, 6) is -1.40. The van der Waals surface area contributed by atoms with E-state index >= 15 is 0 Å². The number of hydrogen-bond acceptors (Lipinski definition) is 3. The van der Waals surface area contributed by atoms with Gasteiger partial charge < -0.3 is 16.2 Å². The van der Waals surface area contributed by atoms with Gasteiger partial charge in [0.25, 0.3) is 5.91 Å². The van der Waals surface area contributed by atoms with Gasteiger partial charge in [0, 0.05) is 27.4 Å². The van der Waals surface area contributed by atoms with E-state index < -0.39 is 5.97 Å². The number of aromatic carboxylic acids is 1. The number of halogens is 1. The first-order valence-corrected chi connectivity index (χ1v) is 7.28. The van der Waals surface area contributed by atoms with Crippen LogP contribution in [0.5, 0.6) is 0 Å². The van der Waals surface area contributed by atoms with Crippen molar-refractivity contribution in [3.8, 4) is 0 Å². The van der Waals surface area contributed by atoms with E-state index in [0.29, 0.717) is 33.0 Å². The molecule has 0 fully saturated rings. The third-order valence-corrected chi connectivity index (χ3v) is 3.82. The number of benzene rings is 2. The summed E-state index contributed by atoms with van der Waals surface area (Å²) in [7, 11) is 0. The quantitative estimate of drug-likeness (QED) is 0.739. The SMILES string of the molecule is CCCNC(=O)c1cc(Br)c(N)c2cccc(C(=O)O)c12. The van der Waals surface area contributed by atoms with Gasteiger partial charge in [0.15, 0.2) is 0 Å². The van der Waals surface area contributed by atoms with Crippen LogP contribution < -0.4 is 11.1 Å². The predicted molar refractivity (Wildman–Crippen MR) is 85.6 cm³/mol. The maximum Gasteiger partial charge on any atom is 0.336 e. The molecule has 0 heterocycles. The van der Waals surface area contributed by atoms with Crippen LogP contribution in [0.2, 0.25) is 0 Å². The molecular formula is C15H15BrN2O3. The molecule has 2 aromatic rings. The first-order valence-electron chi connectivity index (χ1n) is 6.49. The van der Waals surface area contributed by atoms with E-state index in [4.69, 9.17) is 5.73 Å². The Bertz CT molecular complexity index is 728. The monoisotopic (exact) mass is 350 g/mol. The van der Waals surface area contributed by atoms with E-state index in [0.717, 1.165) is 6.42 Å². The van der Waals surface area contributed by atoms with E-state index in [1.807, 2.05) is 6.92 Å². The largest absolute Gasteiger partial charge is 0.478 e. The lowest BCUT2D eigenvalue weighted by atomic mass is 9.97. The molecule has 0 spiro atoms. The Hall–Kier alpha value is -2.08. The number of fused-ring (bicyclic) bond motifs is 1. The summed E-state index contributed by atoms with van der Waals surface area (Å²) >= 11 is 3.31. The van der Waals surface area contributed by atoms with Crippen molar-refractivity contribution in [2.75, 3.05) is 12.3 Å². The lowest BCUT2D eigenvalue weighted by Crippen LogP contribution is -2.24. The van der Waals surface area contributed by atoms with Crippen LogP contribution in [-0.2, 0) is 0 Å². The number of nitrogens with one attached hydrogen (secondary N) is 1. The summed E-state index contributed by atoms with van der Waals surface area (Å²) in [5, 5.41) is 13.0. The topological polar surface area (TPSA) is 92.4 Å². The highest BCUT2D eigenvalue weighted by Crippen LogP contribution is 2.34. The van der Waals surface area contributed by atoms with Crippen molar-refractivity contribution in [2.45, 2.75) is 13.3 Å². The molecule has 0 radical (unpaired) electrons. The summed E-state index contributed by atoms with van der Waals surface area (Å²) in [5.41, 5.74) is 6.77. The molecule has 0 unspecified atom stereocenters. The molecule has 0 bridgehead atoms. The molecule has 0 aliphatic carbocycles. The highest BCUT2D eigenvalue weighted by atomic mass is 79.9. The van der Waals surface area contributed by atoms with Gasteiger partial charge in [-0.1, -0.05) is 19.1 Å². The second kappa shape index (κ2) is 6.13. The Kier molecular flexibility index (Phi) is 4.47. The summed E-state index contributed by atoms with van der Waals surface area (Å²) in [6.45, 7) is 2.47. The molecular weight excluding hydrogens is 336 g/mol. The summed E-state index contributed by atoms with van der Waals surface area (Å²) in [6, 6.07) is 6.35. The normalized spacial score (nSPS) is 10.6. The minimum atomic E-state index is -1.09. The fraction of sp³-hybridized carbons (Fsp3) is 0.200. The molecule has 0 saturated heterocycles. The fourth-order valence-electron chi connectivity index (χ4n) is 2.16. The smallest absolute Gasteiger partial charge is 0.336 e. The Labute approximate surface area is 130 Å². The van der Waals surface area contributed by atoms with Gasteiger partial charge in [-0.3, -0.25) is 4.79 Å². The Morgan fingerprint density at radius 3 is 2.67 bits per heavy atom. The zero-order valence-corrected chi connectivity index (χ0v) is 13.0. The number of nitrogen functional groups attached to an aromatic ring is 1. The highest BCUT2D eigenvalue weighted by Gasteiger charge is 2.19. The van der Waals surface area contributed by atoms with E-state index in [1.54, 1.807) is 18.2 Å². The summed E-state index contributed by atoms with van der Waals surface area (Å²) in [4.78, 5) is 23.7. The van der Waals surface area contributed by atoms with Crippen molar-refractivity contribution in [1.82, 2.24) is 5.32 Å². The van der Waals surface area contributed by atoms with Crippen LogP contribution in [0.1, 0.15) is 34.1 Å². The Balaban J connectivity index is 2.77. The number of rotatable bonds is 4. The molecule has 21 heavy (non-hydrogen) atoms. The molecule has 0 saturated carbocycles. The van der Waals surface area contributed by atoms with Crippen molar-refractivity contribution >= 4 is 44.3 Å². The predicted octanol–water partition coefficient (Wildman–Crippen LogP) is 3.02. The zero-order chi connectivity index (χ0) is 15.6. The van der Waals surface area contributed by atoms with Gasteiger partial charge in [-0.2, -0.15) is 0 Å². The second-order valence-corrected chi connectivity index (χ2v) is 5.46. The molecule has 4 N–H and O–H groups in total. The van der Waals surface area contributed by atoms with Crippen LogP contribution >= 0.6 is 15.9 Å². The van der Waals surface area contributed by atoms with E-state index in [2.05, 4.69) is 21.2 Å². The number of anilines is 1. The number of hydrogen-bond donors (Lipinski definition) is 3. The molecule has 2 rings (SSSR count). The van der Waals surface area contributed by atoms with Crippen LogP contribution in [0.25, 0.3) is 10.8 Å². The van der Waals surface area contributed by atoms with Gasteiger partial charge in [0.05, 0.1) is 11.3 Å². The Morgan fingerprint density at radius 1 is 1.33 bits per heavy atom. The Morgan fingerprint density at radius 2 is 2.05 bits per heavy atom. The number of nitrogens with two attached hydrogens (primary N) is 1. The maximum atomic E-state index is 12.3. The van der Waals surface area contributed by atoms with Crippen LogP contribution in [0, 0.1) is 0 Å². The third-order valence-electron chi connectivity index (χ3n) is 3.16. The molecule has 5 nitrogen and oxygen atoms in total. The number of carbonyl (C=O) groups is 2. The first kappa shape index (κ1) is 15.3. The van der Waals surface area contributed by atoms with Gasteiger partial charge in [-0.25, -0.2) is 4.79 Å².